The van der Waals surface area contributed by atoms with Crippen molar-refractivity contribution in [3.05, 3.63) is 59.0 Å². The van der Waals surface area contributed by atoms with Crippen molar-refractivity contribution >= 4 is 11.9 Å². The van der Waals surface area contributed by atoms with Gasteiger partial charge in [-0.2, -0.15) is 0 Å². The van der Waals surface area contributed by atoms with Gasteiger partial charge in [-0.3, -0.25) is 4.79 Å². The summed E-state index contributed by atoms with van der Waals surface area (Å²) in [4.78, 5) is 23.0. The van der Waals surface area contributed by atoms with Gasteiger partial charge in [0.1, 0.15) is 11.5 Å². The molecule has 116 valence electrons. The van der Waals surface area contributed by atoms with Crippen LogP contribution >= 0.6 is 0 Å². The molecule has 1 atom stereocenters. The Hall–Kier alpha value is -2.76. The van der Waals surface area contributed by atoms with Crippen molar-refractivity contribution < 1.29 is 14.0 Å². The zero-order valence-electron chi connectivity index (χ0n) is 12.6. The van der Waals surface area contributed by atoms with Crippen LogP contribution in [-0.2, 0) is 6.54 Å². The van der Waals surface area contributed by atoms with Gasteiger partial charge in [0.05, 0.1) is 6.04 Å². The summed E-state index contributed by atoms with van der Waals surface area (Å²) in [5, 5.41) is 5.51. The normalized spacial score (nSPS) is 11.7. The Morgan fingerprint density at radius 3 is 2.68 bits per heavy atom. The number of aryl methyl sites for hydroxylation is 1. The first-order valence-corrected chi connectivity index (χ1v) is 6.95. The van der Waals surface area contributed by atoms with Gasteiger partial charge in [0.25, 0.3) is 0 Å². The Morgan fingerprint density at radius 2 is 2.05 bits per heavy atom. The fraction of sp³-hybridized carbons (Fsp3) is 0.250. The van der Waals surface area contributed by atoms with E-state index in [0.717, 1.165) is 11.3 Å². The van der Waals surface area contributed by atoms with E-state index in [-0.39, 0.29) is 12.1 Å². The van der Waals surface area contributed by atoms with Crippen LogP contribution in [0.5, 0.6) is 0 Å². The standard InChI is InChI=1S/C16H19N3O3/c1-10-6-7-14(22-10)11(2)19-16(21)18-9-12-4-3-5-13(8-12)15(17)20/h3-8,11H,9H2,1-2H3,(H2,17,20)(H2,18,19,21). The van der Waals surface area contributed by atoms with E-state index >= 15 is 0 Å². The lowest BCUT2D eigenvalue weighted by molar-refractivity contribution is 0.1000. The van der Waals surface area contributed by atoms with Crippen molar-refractivity contribution in [3.8, 4) is 0 Å². The topological polar surface area (TPSA) is 97.4 Å². The fourth-order valence-corrected chi connectivity index (χ4v) is 2.02. The van der Waals surface area contributed by atoms with Gasteiger partial charge in [-0.1, -0.05) is 12.1 Å². The number of amides is 3. The molecule has 0 bridgehead atoms. The van der Waals surface area contributed by atoms with Gasteiger partial charge in [-0.15, -0.1) is 0 Å². The molecule has 3 amide bonds. The van der Waals surface area contributed by atoms with Gasteiger partial charge >= 0.3 is 6.03 Å². The number of nitrogens with one attached hydrogen (secondary N) is 2. The molecule has 1 heterocycles. The third kappa shape index (κ3) is 4.12. The predicted octanol–water partition coefficient (Wildman–Crippen LogP) is 2.25. The highest BCUT2D eigenvalue weighted by Crippen LogP contribution is 2.15. The summed E-state index contributed by atoms with van der Waals surface area (Å²) in [6.45, 7) is 3.99. The van der Waals surface area contributed by atoms with Crippen LogP contribution in [0.25, 0.3) is 0 Å². The van der Waals surface area contributed by atoms with Crippen molar-refractivity contribution in [2.45, 2.75) is 26.4 Å². The van der Waals surface area contributed by atoms with Crippen LogP contribution in [0, 0.1) is 6.92 Å². The predicted molar refractivity (Wildman–Crippen MR) is 82.2 cm³/mol. The SMILES string of the molecule is Cc1ccc(C(C)NC(=O)NCc2cccc(C(N)=O)c2)o1. The Labute approximate surface area is 128 Å². The Morgan fingerprint density at radius 1 is 1.27 bits per heavy atom. The molecule has 2 aromatic rings. The molecule has 1 aromatic carbocycles. The number of nitrogens with two attached hydrogens (primary N) is 1. The first-order chi connectivity index (χ1) is 10.5. The van der Waals surface area contributed by atoms with Crippen LogP contribution in [0.1, 0.15) is 40.4 Å². The maximum absolute atomic E-state index is 11.9. The van der Waals surface area contributed by atoms with E-state index in [0.29, 0.717) is 17.9 Å². The van der Waals surface area contributed by atoms with Crippen molar-refractivity contribution in [1.82, 2.24) is 10.6 Å². The Bertz CT molecular complexity index is 679. The number of benzene rings is 1. The molecule has 1 aromatic heterocycles. The highest BCUT2D eigenvalue weighted by atomic mass is 16.3. The van der Waals surface area contributed by atoms with E-state index in [2.05, 4.69) is 10.6 Å². The molecular formula is C16H19N3O3. The molecule has 0 radical (unpaired) electrons. The lowest BCUT2D eigenvalue weighted by atomic mass is 10.1. The number of carbonyl (C=O) groups excluding carboxylic acids is 2. The average Bonchev–Trinajstić information content (AvgIpc) is 2.92. The van der Waals surface area contributed by atoms with Crippen LogP contribution in [-0.4, -0.2) is 11.9 Å². The summed E-state index contributed by atoms with van der Waals surface area (Å²) >= 11 is 0. The number of hydrogen-bond donors (Lipinski definition) is 3. The number of primary amides is 1. The summed E-state index contributed by atoms with van der Waals surface area (Å²) in [5.74, 6) is 1.00. The number of carbonyl (C=O) groups is 2. The second-order valence-electron chi connectivity index (χ2n) is 5.06. The summed E-state index contributed by atoms with van der Waals surface area (Å²) in [6, 6.07) is 9.96. The van der Waals surface area contributed by atoms with Gasteiger partial charge in [0, 0.05) is 12.1 Å². The number of rotatable bonds is 5. The Kier molecular flexibility index (Phi) is 4.83. The van der Waals surface area contributed by atoms with Crippen molar-refractivity contribution in [1.29, 1.82) is 0 Å². The van der Waals surface area contributed by atoms with Gasteiger partial charge < -0.3 is 20.8 Å². The minimum absolute atomic E-state index is 0.231. The summed E-state index contributed by atoms with van der Waals surface area (Å²) in [5.41, 5.74) is 6.44. The van der Waals surface area contributed by atoms with Crippen molar-refractivity contribution in [2.75, 3.05) is 0 Å². The summed E-state index contributed by atoms with van der Waals surface area (Å²) in [7, 11) is 0. The number of urea groups is 1. The number of furan rings is 1. The molecule has 6 heteroatoms. The molecule has 2 rings (SSSR count). The van der Waals surface area contributed by atoms with E-state index in [1.165, 1.54) is 0 Å². The molecule has 22 heavy (non-hydrogen) atoms. The molecular weight excluding hydrogens is 282 g/mol. The second-order valence-corrected chi connectivity index (χ2v) is 5.06. The van der Waals surface area contributed by atoms with Crippen LogP contribution < -0.4 is 16.4 Å². The second kappa shape index (κ2) is 6.80. The largest absolute Gasteiger partial charge is 0.464 e. The molecule has 1 unspecified atom stereocenters. The van der Waals surface area contributed by atoms with E-state index < -0.39 is 5.91 Å². The van der Waals surface area contributed by atoms with E-state index in [1.807, 2.05) is 32.0 Å². The summed E-state index contributed by atoms with van der Waals surface area (Å²) in [6.07, 6.45) is 0. The minimum atomic E-state index is -0.492. The molecule has 0 aliphatic rings. The average molecular weight is 301 g/mol. The molecule has 4 N–H and O–H groups in total. The third-order valence-electron chi connectivity index (χ3n) is 3.20. The van der Waals surface area contributed by atoms with E-state index in [9.17, 15) is 9.59 Å². The van der Waals surface area contributed by atoms with Gasteiger partial charge in [-0.05, 0) is 43.7 Å². The quantitative estimate of drug-likeness (QED) is 0.790. The molecule has 0 saturated carbocycles. The zero-order valence-corrected chi connectivity index (χ0v) is 12.6. The highest BCUT2D eigenvalue weighted by Gasteiger charge is 2.12. The maximum atomic E-state index is 11.9. The van der Waals surface area contributed by atoms with Crippen LogP contribution in [0.4, 0.5) is 4.79 Å². The lowest BCUT2D eigenvalue weighted by Crippen LogP contribution is -2.36. The van der Waals surface area contributed by atoms with Crippen molar-refractivity contribution in [2.24, 2.45) is 5.73 Å². The van der Waals surface area contributed by atoms with E-state index in [4.69, 9.17) is 10.2 Å². The fourth-order valence-electron chi connectivity index (χ4n) is 2.02. The molecule has 0 aliphatic heterocycles. The molecule has 0 aliphatic carbocycles. The Balaban J connectivity index is 1.87. The third-order valence-corrected chi connectivity index (χ3v) is 3.20. The first-order valence-electron chi connectivity index (χ1n) is 6.95. The van der Waals surface area contributed by atoms with Gasteiger partial charge in [-0.25, -0.2) is 4.79 Å². The molecule has 0 spiro atoms. The maximum Gasteiger partial charge on any atom is 0.315 e. The van der Waals surface area contributed by atoms with Crippen LogP contribution in [0.3, 0.4) is 0 Å². The monoisotopic (exact) mass is 301 g/mol. The van der Waals surface area contributed by atoms with Crippen LogP contribution in [0.2, 0.25) is 0 Å². The molecule has 0 fully saturated rings. The zero-order chi connectivity index (χ0) is 16.1. The number of hydrogen-bond acceptors (Lipinski definition) is 3. The lowest BCUT2D eigenvalue weighted by Gasteiger charge is -2.13. The smallest absolute Gasteiger partial charge is 0.315 e. The highest BCUT2D eigenvalue weighted by molar-refractivity contribution is 5.92. The molecule has 6 nitrogen and oxygen atoms in total. The molecule has 0 saturated heterocycles. The summed E-state index contributed by atoms with van der Waals surface area (Å²) < 4.78 is 5.46. The van der Waals surface area contributed by atoms with Crippen LogP contribution in [0.15, 0.2) is 40.8 Å². The van der Waals surface area contributed by atoms with Gasteiger partial charge in [0.15, 0.2) is 0 Å². The van der Waals surface area contributed by atoms with E-state index in [1.54, 1.807) is 18.2 Å². The minimum Gasteiger partial charge on any atom is -0.464 e. The van der Waals surface area contributed by atoms with Crippen molar-refractivity contribution in [3.63, 3.8) is 0 Å². The first kappa shape index (κ1) is 15.6. The van der Waals surface area contributed by atoms with Gasteiger partial charge in [0.2, 0.25) is 5.91 Å².